The normalized spacial score (nSPS) is 10.9. The average molecular weight is 361 g/mol. The van der Waals surface area contributed by atoms with Crippen molar-refractivity contribution in [2.75, 3.05) is 13.1 Å². The van der Waals surface area contributed by atoms with Gasteiger partial charge < -0.3 is 4.90 Å². The second-order valence-corrected chi connectivity index (χ2v) is 6.79. The van der Waals surface area contributed by atoms with Gasteiger partial charge >= 0.3 is 0 Å². The van der Waals surface area contributed by atoms with E-state index in [2.05, 4.69) is 18.8 Å². The number of benzene rings is 1. The third-order valence-corrected chi connectivity index (χ3v) is 4.72. The molecule has 140 valence electrons. The number of fused-ring (bicyclic) bond motifs is 1. The minimum Gasteiger partial charge on any atom is -0.339 e. The summed E-state index contributed by atoms with van der Waals surface area (Å²) in [6, 6.07) is 15.5. The lowest BCUT2D eigenvalue weighted by molar-refractivity contribution is 0.0753. The molecule has 0 N–H and O–H groups in total. The van der Waals surface area contributed by atoms with Gasteiger partial charge in [0.15, 0.2) is 0 Å². The molecule has 0 saturated carbocycles. The van der Waals surface area contributed by atoms with Crippen molar-refractivity contribution < 1.29 is 4.79 Å². The van der Waals surface area contributed by atoms with Gasteiger partial charge in [0, 0.05) is 24.7 Å². The van der Waals surface area contributed by atoms with Gasteiger partial charge in [-0.25, -0.2) is 4.98 Å². The maximum absolute atomic E-state index is 13.4. The van der Waals surface area contributed by atoms with Gasteiger partial charge in [0.2, 0.25) is 0 Å². The monoisotopic (exact) mass is 361 g/mol. The number of aromatic nitrogens is 2. The zero-order valence-electron chi connectivity index (χ0n) is 16.2. The number of hydrogen-bond acceptors (Lipinski definition) is 3. The first-order valence-electron chi connectivity index (χ1n) is 9.85. The maximum Gasteiger partial charge on any atom is 0.254 e. The van der Waals surface area contributed by atoms with Crippen LogP contribution in [0.25, 0.3) is 22.3 Å². The molecule has 0 atom stereocenters. The van der Waals surface area contributed by atoms with E-state index in [1.165, 1.54) is 0 Å². The molecule has 3 rings (SSSR count). The van der Waals surface area contributed by atoms with Crippen LogP contribution in [-0.2, 0) is 0 Å². The minimum atomic E-state index is 0.0904. The smallest absolute Gasteiger partial charge is 0.254 e. The van der Waals surface area contributed by atoms with Gasteiger partial charge in [-0.3, -0.25) is 9.78 Å². The Morgan fingerprint density at radius 1 is 0.926 bits per heavy atom. The number of hydrogen-bond donors (Lipinski definition) is 0. The number of unbranched alkanes of at least 4 members (excludes halogenated alkanes) is 2. The van der Waals surface area contributed by atoms with E-state index in [1.807, 2.05) is 53.4 Å². The van der Waals surface area contributed by atoms with E-state index in [0.717, 1.165) is 61.1 Å². The van der Waals surface area contributed by atoms with E-state index in [-0.39, 0.29) is 5.91 Å². The summed E-state index contributed by atoms with van der Waals surface area (Å²) in [4.78, 5) is 24.6. The molecule has 0 saturated heterocycles. The molecule has 4 nitrogen and oxygen atoms in total. The zero-order valence-corrected chi connectivity index (χ0v) is 16.2. The molecule has 2 heterocycles. The van der Waals surface area contributed by atoms with E-state index in [1.54, 1.807) is 6.20 Å². The number of nitrogens with zero attached hydrogens (tertiary/aromatic N) is 3. The van der Waals surface area contributed by atoms with Crippen LogP contribution in [0.15, 0.2) is 54.7 Å². The molecule has 1 aromatic carbocycles. The van der Waals surface area contributed by atoms with Gasteiger partial charge in [-0.2, -0.15) is 0 Å². The predicted octanol–water partition coefficient (Wildman–Crippen LogP) is 5.34. The SMILES string of the molecule is CCCCN(CCCC)C(=O)c1cc(-c2ccccn2)nc2ccccc12. The van der Waals surface area contributed by atoms with E-state index in [0.29, 0.717) is 5.56 Å². The third kappa shape index (κ3) is 4.51. The Balaban J connectivity index is 2.06. The van der Waals surface area contributed by atoms with E-state index < -0.39 is 0 Å². The van der Waals surface area contributed by atoms with Crippen LogP contribution in [0.3, 0.4) is 0 Å². The molecule has 0 unspecified atom stereocenters. The number of carbonyl (C=O) groups is 1. The van der Waals surface area contributed by atoms with Gasteiger partial charge in [-0.1, -0.05) is 51.0 Å². The second kappa shape index (κ2) is 9.26. The van der Waals surface area contributed by atoms with Crippen molar-refractivity contribution in [3.05, 3.63) is 60.3 Å². The van der Waals surface area contributed by atoms with Crippen LogP contribution in [0.5, 0.6) is 0 Å². The predicted molar refractivity (Wildman–Crippen MR) is 111 cm³/mol. The van der Waals surface area contributed by atoms with Crippen molar-refractivity contribution >= 4 is 16.8 Å². The van der Waals surface area contributed by atoms with Crippen molar-refractivity contribution in [3.8, 4) is 11.4 Å². The molecule has 1 amide bonds. The summed E-state index contributed by atoms with van der Waals surface area (Å²) in [6.45, 7) is 5.91. The molecule has 27 heavy (non-hydrogen) atoms. The lowest BCUT2D eigenvalue weighted by Gasteiger charge is -2.23. The average Bonchev–Trinajstić information content (AvgIpc) is 2.73. The number of rotatable bonds is 8. The summed E-state index contributed by atoms with van der Waals surface area (Å²) in [6.07, 6.45) is 5.94. The van der Waals surface area contributed by atoms with Crippen LogP contribution >= 0.6 is 0 Å². The molecule has 0 fully saturated rings. The highest BCUT2D eigenvalue weighted by Crippen LogP contribution is 2.25. The second-order valence-electron chi connectivity index (χ2n) is 6.79. The number of pyridine rings is 2. The van der Waals surface area contributed by atoms with Gasteiger partial charge in [0.1, 0.15) is 0 Å². The molecule has 0 radical (unpaired) electrons. The third-order valence-electron chi connectivity index (χ3n) is 4.72. The summed E-state index contributed by atoms with van der Waals surface area (Å²) in [5, 5.41) is 0.903. The molecule has 3 aromatic rings. The lowest BCUT2D eigenvalue weighted by Crippen LogP contribution is -2.33. The van der Waals surface area contributed by atoms with Gasteiger partial charge in [0.25, 0.3) is 5.91 Å². The molecule has 0 aliphatic heterocycles. The highest BCUT2D eigenvalue weighted by molar-refractivity contribution is 6.07. The Labute approximate surface area is 161 Å². The Bertz CT molecular complexity index is 885. The quantitative estimate of drug-likeness (QED) is 0.544. The van der Waals surface area contributed by atoms with Crippen molar-refractivity contribution in [3.63, 3.8) is 0 Å². The Morgan fingerprint density at radius 3 is 2.30 bits per heavy atom. The zero-order chi connectivity index (χ0) is 19.1. The van der Waals surface area contributed by atoms with Crippen LogP contribution in [-0.4, -0.2) is 33.9 Å². The summed E-state index contributed by atoms with van der Waals surface area (Å²) in [5.74, 6) is 0.0904. The Morgan fingerprint density at radius 2 is 1.63 bits per heavy atom. The number of amides is 1. The van der Waals surface area contributed by atoms with E-state index >= 15 is 0 Å². The van der Waals surface area contributed by atoms with Gasteiger partial charge in [0.05, 0.1) is 22.5 Å². The minimum absolute atomic E-state index is 0.0904. The molecule has 4 heteroatoms. The molecular formula is C23H27N3O. The molecular weight excluding hydrogens is 334 g/mol. The van der Waals surface area contributed by atoms with Crippen LogP contribution in [0.2, 0.25) is 0 Å². The largest absolute Gasteiger partial charge is 0.339 e. The van der Waals surface area contributed by atoms with Crippen LogP contribution in [0, 0.1) is 0 Å². The van der Waals surface area contributed by atoms with Gasteiger partial charge in [-0.15, -0.1) is 0 Å². The Hall–Kier alpha value is -2.75. The standard InChI is InChI=1S/C23H27N3O/c1-3-5-15-26(16-6-4-2)23(27)19-17-22(21-13-9-10-14-24-21)25-20-12-8-7-11-18(19)20/h7-14,17H,3-6,15-16H2,1-2H3. The van der Waals surface area contributed by atoms with Crippen LogP contribution in [0.1, 0.15) is 49.9 Å². The maximum atomic E-state index is 13.4. The van der Waals surface area contributed by atoms with E-state index in [4.69, 9.17) is 4.98 Å². The van der Waals surface area contributed by atoms with Crippen LogP contribution < -0.4 is 0 Å². The summed E-state index contributed by atoms with van der Waals surface area (Å²) in [5.41, 5.74) is 3.07. The summed E-state index contributed by atoms with van der Waals surface area (Å²) < 4.78 is 0. The highest BCUT2D eigenvalue weighted by Gasteiger charge is 2.19. The first-order chi connectivity index (χ1) is 13.2. The lowest BCUT2D eigenvalue weighted by atomic mass is 10.0. The molecule has 0 aliphatic rings. The first kappa shape index (κ1) is 19.0. The summed E-state index contributed by atoms with van der Waals surface area (Å²) >= 11 is 0. The molecule has 0 spiro atoms. The molecule has 0 bridgehead atoms. The topological polar surface area (TPSA) is 46.1 Å². The molecule has 0 aliphatic carbocycles. The fraction of sp³-hybridized carbons (Fsp3) is 0.348. The Kier molecular flexibility index (Phi) is 6.53. The van der Waals surface area contributed by atoms with Gasteiger partial charge in [-0.05, 0) is 37.1 Å². The number of para-hydroxylation sites is 1. The summed E-state index contributed by atoms with van der Waals surface area (Å²) in [7, 11) is 0. The number of carbonyl (C=O) groups excluding carboxylic acids is 1. The van der Waals surface area contributed by atoms with Crippen LogP contribution in [0.4, 0.5) is 0 Å². The van der Waals surface area contributed by atoms with Crippen molar-refractivity contribution in [2.24, 2.45) is 0 Å². The molecule has 2 aromatic heterocycles. The van der Waals surface area contributed by atoms with Crippen molar-refractivity contribution in [2.45, 2.75) is 39.5 Å². The van der Waals surface area contributed by atoms with Crippen molar-refractivity contribution in [1.29, 1.82) is 0 Å². The van der Waals surface area contributed by atoms with E-state index in [9.17, 15) is 4.79 Å². The van der Waals surface area contributed by atoms with Crippen molar-refractivity contribution in [1.82, 2.24) is 14.9 Å². The fourth-order valence-electron chi connectivity index (χ4n) is 3.18. The first-order valence-corrected chi connectivity index (χ1v) is 9.85. The fourth-order valence-corrected chi connectivity index (χ4v) is 3.18. The highest BCUT2D eigenvalue weighted by atomic mass is 16.2.